The molecule has 152 valence electrons. The number of rotatable bonds is 7. The number of benzene rings is 2. The Labute approximate surface area is 186 Å². The fourth-order valence-electron chi connectivity index (χ4n) is 2.41. The normalized spacial score (nSPS) is 10.6. The summed E-state index contributed by atoms with van der Waals surface area (Å²) in [5.74, 6) is 2.92. The zero-order valence-corrected chi connectivity index (χ0v) is 18.5. The lowest BCUT2D eigenvalue weighted by Crippen LogP contribution is -2.22. The predicted molar refractivity (Wildman–Crippen MR) is 125 cm³/mol. The molecule has 29 heavy (non-hydrogen) atoms. The second-order valence-electron chi connectivity index (χ2n) is 5.84. The summed E-state index contributed by atoms with van der Waals surface area (Å²) >= 11 is 0. The molecular formula is C21H23IN4O3. The van der Waals surface area contributed by atoms with Crippen molar-refractivity contribution in [3.05, 3.63) is 72.4 Å². The van der Waals surface area contributed by atoms with E-state index in [1.54, 1.807) is 32.5 Å². The van der Waals surface area contributed by atoms with Gasteiger partial charge in [-0.25, -0.2) is 9.98 Å². The lowest BCUT2D eigenvalue weighted by molar-refractivity contribution is 0.407. The Hall–Kier alpha value is -3.01. The first kappa shape index (κ1) is 22.3. The molecule has 0 atom stereocenters. The standard InChI is InChI=1S/C21H22N4O3.HI/c1-26-17-6-3-5-16(11-17)25-21(22)24-14-15-9-10-20(23-13-15)28-19-8-4-7-18(12-19)27-2;/h3-13H,14H2,1-2H3,(H3,22,24,25);1H. The largest absolute Gasteiger partial charge is 0.497 e. The van der Waals surface area contributed by atoms with E-state index in [-0.39, 0.29) is 24.0 Å². The van der Waals surface area contributed by atoms with Gasteiger partial charge in [-0.05, 0) is 29.8 Å². The number of aliphatic imine (C=N–C) groups is 1. The second kappa shape index (κ2) is 11.1. The third-order valence-electron chi connectivity index (χ3n) is 3.84. The average Bonchev–Trinajstić information content (AvgIpc) is 2.73. The molecule has 0 amide bonds. The summed E-state index contributed by atoms with van der Waals surface area (Å²) in [7, 11) is 3.23. The highest BCUT2D eigenvalue weighted by Crippen LogP contribution is 2.24. The zero-order valence-electron chi connectivity index (χ0n) is 16.2. The number of nitrogens with two attached hydrogens (primary N) is 1. The van der Waals surface area contributed by atoms with Gasteiger partial charge in [-0.3, -0.25) is 0 Å². The number of hydrogen-bond donors (Lipinski definition) is 2. The number of ether oxygens (including phenoxy) is 3. The van der Waals surface area contributed by atoms with Gasteiger partial charge < -0.3 is 25.3 Å². The maximum atomic E-state index is 5.95. The number of hydrogen-bond acceptors (Lipinski definition) is 5. The van der Waals surface area contributed by atoms with Gasteiger partial charge >= 0.3 is 0 Å². The van der Waals surface area contributed by atoms with Crippen LogP contribution in [0.25, 0.3) is 0 Å². The molecule has 0 bridgehead atoms. The molecule has 3 aromatic rings. The third kappa shape index (κ3) is 6.83. The molecule has 0 spiro atoms. The van der Waals surface area contributed by atoms with Crippen molar-refractivity contribution < 1.29 is 14.2 Å². The number of nitrogens with zero attached hydrogens (tertiary/aromatic N) is 2. The highest BCUT2D eigenvalue weighted by atomic mass is 127. The third-order valence-corrected chi connectivity index (χ3v) is 3.84. The van der Waals surface area contributed by atoms with Crippen molar-refractivity contribution in [2.75, 3.05) is 19.5 Å². The molecular weight excluding hydrogens is 483 g/mol. The van der Waals surface area contributed by atoms with Crippen LogP contribution in [0.5, 0.6) is 23.1 Å². The van der Waals surface area contributed by atoms with Crippen LogP contribution < -0.4 is 25.3 Å². The number of nitrogens with one attached hydrogen (secondary N) is 1. The molecule has 0 aliphatic carbocycles. The summed E-state index contributed by atoms with van der Waals surface area (Å²) in [6, 6.07) is 18.5. The van der Waals surface area contributed by atoms with E-state index in [2.05, 4.69) is 15.3 Å². The number of halogens is 1. The van der Waals surface area contributed by atoms with Crippen molar-refractivity contribution in [3.8, 4) is 23.1 Å². The van der Waals surface area contributed by atoms with Gasteiger partial charge in [0.05, 0.1) is 20.8 Å². The van der Waals surface area contributed by atoms with E-state index in [1.807, 2.05) is 48.5 Å². The SMILES string of the molecule is COc1cccc(NC(N)=NCc2ccc(Oc3cccc(OC)c3)nc2)c1.I. The summed E-state index contributed by atoms with van der Waals surface area (Å²) in [5.41, 5.74) is 7.66. The Balaban J connectivity index is 0.00000300. The minimum atomic E-state index is 0. The first-order valence-electron chi connectivity index (χ1n) is 8.64. The average molecular weight is 506 g/mol. The first-order chi connectivity index (χ1) is 13.7. The van der Waals surface area contributed by atoms with Gasteiger partial charge in [-0.15, -0.1) is 24.0 Å². The van der Waals surface area contributed by atoms with Gasteiger partial charge in [0.2, 0.25) is 5.88 Å². The van der Waals surface area contributed by atoms with Gasteiger partial charge in [0.1, 0.15) is 17.2 Å². The number of anilines is 1. The molecule has 1 aromatic heterocycles. The Morgan fingerprint density at radius 2 is 1.66 bits per heavy atom. The van der Waals surface area contributed by atoms with E-state index in [0.29, 0.717) is 24.1 Å². The van der Waals surface area contributed by atoms with Crippen molar-refractivity contribution in [3.63, 3.8) is 0 Å². The minimum Gasteiger partial charge on any atom is -0.497 e. The van der Waals surface area contributed by atoms with Crippen LogP contribution in [-0.4, -0.2) is 25.2 Å². The highest BCUT2D eigenvalue weighted by Gasteiger charge is 2.02. The molecule has 2 aromatic carbocycles. The Morgan fingerprint density at radius 1 is 0.966 bits per heavy atom. The highest BCUT2D eigenvalue weighted by molar-refractivity contribution is 14.0. The number of aromatic nitrogens is 1. The monoisotopic (exact) mass is 506 g/mol. The van der Waals surface area contributed by atoms with Crippen LogP contribution in [0, 0.1) is 0 Å². The molecule has 0 fully saturated rings. The van der Waals surface area contributed by atoms with Gasteiger partial charge in [0.15, 0.2) is 5.96 Å². The molecule has 3 rings (SSSR count). The van der Waals surface area contributed by atoms with Gasteiger partial charge in [-0.1, -0.05) is 18.2 Å². The van der Waals surface area contributed by atoms with Crippen molar-refractivity contribution in [1.82, 2.24) is 4.98 Å². The van der Waals surface area contributed by atoms with Gasteiger partial charge in [-0.2, -0.15) is 0 Å². The molecule has 0 aliphatic rings. The molecule has 7 nitrogen and oxygen atoms in total. The topological polar surface area (TPSA) is 91.0 Å². The van der Waals surface area contributed by atoms with E-state index in [4.69, 9.17) is 19.9 Å². The van der Waals surface area contributed by atoms with Crippen molar-refractivity contribution in [1.29, 1.82) is 0 Å². The van der Waals surface area contributed by atoms with E-state index in [1.165, 1.54) is 0 Å². The molecule has 0 radical (unpaired) electrons. The Bertz CT molecular complexity index is 949. The predicted octanol–water partition coefficient (Wildman–Crippen LogP) is 4.44. The quantitative estimate of drug-likeness (QED) is 0.280. The van der Waals surface area contributed by atoms with Crippen LogP contribution in [0.2, 0.25) is 0 Å². The van der Waals surface area contributed by atoms with Gasteiger partial charge in [0, 0.05) is 30.1 Å². The molecule has 3 N–H and O–H groups in total. The van der Waals surface area contributed by atoms with Crippen LogP contribution >= 0.6 is 24.0 Å². The van der Waals surface area contributed by atoms with Crippen molar-refractivity contribution in [2.24, 2.45) is 10.7 Å². The van der Waals surface area contributed by atoms with E-state index in [9.17, 15) is 0 Å². The lowest BCUT2D eigenvalue weighted by atomic mass is 10.3. The second-order valence-corrected chi connectivity index (χ2v) is 5.84. The summed E-state index contributed by atoms with van der Waals surface area (Å²) in [5, 5.41) is 3.03. The minimum absolute atomic E-state index is 0. The molecule has 8 heteroatoms. The van der Waals surface area contributed by atoms with E-state index < -0.39 is 0 Å². The summed E-state index contributed by atoms with van der Waals surface area (Å²) in [4.78, 5) is 8.63. The van der Waals surface area contributed by atoms with Gasteiger partial charge in [0.25, 0.3) is 0 Å². The number of pyridine rings is 1. The first-order valence-corrected chi connectivity index (χ1v) is 8.64. The molecule has 0 unspecified atom stereocenters. The Kier molecular flexibility index (Phi) is 8.53. The van der Waals surface area contributed by atoms with E-state index in [0.717, 1.165) is 22.7 Å². The maximum absolute atomic E-state index is 5.95. The lowest BCUT2D eigenvalue weighted by Gasteiger charge is -2.08. The zero-order chi connectivity index (χ0) is 19.8. The maximum Gasteiger partial charge on any atom is 0.219 e. The molecule has 0 saturated heterocycles. The van der Waals surface area contributed by atoms with Crippen molar-refractivity contribution in [2.45, 2.75) is 6.54 Å². The summed E-state index contributed by atoms with van der Waals surface area (Å²) in [6.07, 6.45) is 1.71. The van der Waals surface area contributed by atoms with Crippen LogP contribution in [0.3, 0.4) is 0 Å². The van der Waals surface area contributed by atoms with Crippen LogP contribution in [0.4, 0.5) is 5.69 Å². The molecule has 0 aliphatic heterocycles. The fraction of sp³-hybridized carbons (Fsp3) is 0.143. The molecule has 0 saturated carbocycles. The molecule has 1 heterocycles. The summed E-state index contributed by atoms with van der Waals surface area (Å²) < 4.78 is 16.1. The fourth-order valence-corrected chi connectivity index (χ4v) is 2.41. The number of guanidine groups is 1. The smallest absolute Gasteiger partial charge is 0.219 e. The van der Waals surface area contributed by atoms with E-state index >= 15 is 0 Å². The van der Waals surface area contributed by atoms with Crippen LogP contribution in [-0.2, 0) is 6.54 Å². The van der Waals surface area contributed by atoms with Crippen LogP contribution in [0.15, 0.2) is 71.9 Å². The summed E-state index contributed by atoms with van der Waals surface area (Å²) in [6.45, 7) is 0.398. The van der Waals surface area contributed by atoms with Crippen molar-refractivity contribution >= 4 is 35.6 Å². The van der Waals surface area contributed by atoms with Crippen LogP contribution in [0.1, 0.15) is 5.56 Å². The Morgan fingerprint density at radius 3 is 2.34 bits per heavy atom. The number of methoxy groups -OCH3 is 2.